The third-order valence-electron chi connectivity index (χ3n) is 2.80. The van der Waals surface area contributed by atoms with Crippen molar-refractivity contribution in [1.29, 1.82) is 0 Å². The number of ketones is 1. The van der Waals surface area contributed by atoms with Crippen molar-refractivity contribution >= 4 is 17.4 Å². The second-order valence-corrected chi connectivity index (χ2v) is 4.49. The molecule has 0 atom stereocenters. The first-order valence-corrected chi connectivity index (χ1v) is 5.86. The molecular formula is C12H14BrClN4O. The van der Waals surface area contributed by atoms with Crippen molar-refractivity contribution in [3.63, 3.8) is 0 Å². The zero-order valence-electron chi connectivity index (χ0n) is 10.6. The molecule has 0 aliphatic carbocycles. The first kappa shape index (κ1) is 15.7. The van der Waals surface area contributed by atoms with Crippen molar-refractivity contribution in [2.45, 2.75) is 20.4 Å². The molecule has 0 unspecified atom stereocenters. The Morgan fingerprint density at radius 3 is 2.42 bits per heavy atom. The average molecular weight is 346 g/mol. The van der Waals surface area contributed by atoms with Crippen molar-refractivity contribution in [3.05, 3.63) is 46.5 Å². The minimum absolute atomic E-state index is 0. The van der Waals surface area contributed by atoms with Crippen LogP contribution in [0.4, 0.5) is 0 Å². The largest absolute Gasteiger partial charge is 1.00 e. The number of Topliss-reactive ketones (excluding diaryl/α,β-unsaturated/α-hetero) is 1. The normalized spacial score (nSPS) is 10.1. The lowest BCUT2D eigenvalue weighted by Crippen LogP contribution is -3.00. The van der Waals surface area contributed by atoms with Crippen LogP contribution in [-0.4, -0.2) is 15.6 Å². The Hall–Kier alpha value is -1.40. The zero-order chi connectivity index (χ0) is 13.3. The molecular weight excluding hydrogens is 332 g/mol. The Balaban J connectivity index is 0.00000180. The molecule has 19 heavy (non-hydrogen) atoms. The zero-order valence-corrected chi connectivity index (χ0v) is 12.9. The van der Waals surface area contributed by atoms with E-state index in [1.54, 1.807) is 35.9 Å². The van der Waals surface area contributed by atoms with Crippen molar-refractivity contribution in [2.24, 2.45) is 0 Å². The van der Waals surface area contributed by atoms with Crippen LogP contribution in [0.2, 0.25) is 5.02 Å². The van der Waals surface area contributed by atoms with Crippen molar-refractivity contribution < 1.29 is 26.5 Å². The van der Waals surface area contributed by atoms with Crippen molar-refractivity contribution in [1.82, 2.24) is 9.78 Å². The van der Waals surface area contributed by atoms with E-state index in [1.165, 1.54) is 4.68 Å². The summed E-state index contributed by atoms with van der Waals surface area (Å²) in [6.07, 6.45) is 0. The number of benzene rings is 1. The maximum Gasteiger partial charge on any atom is 0.295 e. The quantitative estimate of drug-likeness (QED) is 0.399. The smallest absolute Gasteiger partial charge is 0.295 e. The number of nitrogens with zero attached hydrogens (tertiary/aromatic N) is 3. The van der Waals surface area contributed by atoms with Gasteiger partial charge in [-0.3, -0.25) is 10.6 Å². The number of hydrogen-bond acceptors (Lipinski definition) is 3. The van der Waals surface area contributed by atoms with Crippen LogP contribution in [0.3, 0.4) is 0 Å². The van der Waals surface area contributed by atoms with Crippen LogP contribution in [0.1, 0.15) is 22.0 Å². The van der Waals surface area contributed by atoms with Gasteiger partial charge in [0, 0.05) is 29.5 Å². The molecule has 0 aliphatic heterocycles. The van der Waals surface area contributed by atoms with Crippen LogP contribution in [0.5, 0.6) is 0 Å². The van der Waals surface area contributed by atoms with E-state index >= 15 is 0 Å². The second-order valence-electron chi connectivity index (χ2n) is 4.05. The average Bonchev–Trinajstić information content (AvgIpc) is 2.58. The topological polar surface area (TPSA) is 64.8 Å². The lowest BCUT2D eigenvalue weighted by Gasteiger charge is -1.98. The lowest BCUT2D eigenvalue weighted by atomic mass is 10.1. The molecule has 0 fully saturated rings. The summed E-state index contributed by atoms with van der Waals surface area (Å²) >= 11 is 5.78. The molecule has 2 aromatic rings. The van der Waals surface area contributed by atoms with Gasteiger partial charge >= 0.3 is 0 Å². The van der Waals surface area contributed by atoms with Gasteiger partial charge in [0.25, 0.3) is 11.6 Å². The Labute approximate surface area is 126 Å². The van der Waals surface area contributed by atoms with E-state index in [4.69, 9.17) is 17.4 Å². The number of rotatable bonds is 3. The molecule has 1 aromatic heterocycles. The van der Waals surface area contributed by atoms with Gasteiger partial charge in [0.15, 0.2) is 12.3 Å². The summed E-state index contributed by atoms with van der Waals surface area (Å²) in [4.78, 5) is 12.0. The molecule has 0 bridgehead atoms. The fourth-order valence-electron chi connectivity index (χ4n) is 1.67. The first-order valence-electron chi connectivity index (χ1n) is 5.49. The molecule has 0 aliphatic rings. The summed E-state index contributed by atoms with van der Waals surface area (Å²) < 4.78 is 3.04. The summed E-state index contributed by atoms with van der Waals surface area (Å²) in [5.41, 5.74) is 0.607. The summed E-state index contributed by atoms with van der Waals surface area (Å²) in [5.74, 6) is 7.11. The van der Waals surface area contributed by atoms with E-state index in [1.807, 2.05) is 6.92 Å². The monoisotopic (exact) mass is 344 g/mol. The van der Waals surface area contributed by atoms with Gasteiger partial charge in [-0.2, -0.15) is 0 Å². The van der Waals surface area contributed by atoms with Crippen LogP contribution in [0, 0.1) is 13.8 Å². The van der Waals surface area contributed by atoms with Crippen LogP contribution >= 0.6 is 11.6 Å². The number of carbonyl (C=O) groups is 1. The summed E-state index contributed by atoms with van der Waals surface area (Å²) in [6, 6.07) is 6.79. The number of aryl methyl sites for hydroxylation is 1. The van der Waals surface area contributed by atoms with Gasteiger partial charge in [0.05, 0.1) is 0 Å². The highest BCUT2D eigenvalue weighted by atomic mass is 79.9. The predicted octanol–water partition coefficient (Wildman–Crippen LogP) is -1.96. The van der Waals surface area contributed by atoms with E-state index in [-0.39, 0.29) is 29.3 Å². The predicted molar refractivity (Wildman–Crippen MR) is 67.8 cm³/mol. The first-order chi connectivity index (χ1) is 8.49. The van der Waals surface area contributed by atoms with Crippen LogP contribution in [-0.2, 0) is 6.54 Å². The molecule has 0 saturated carbocycles. The van der Waals surface area contributed by atoms with Gasteiger partial charge in [0.1, 0.15) is 0 Å². The molecule has 7 heteroatoms. The van der Waals surface area contributed by atoms with Gasteiger partial charge in [0.2, 0.25) is 0 Å². The molecule has 102 valence electrons. The lowest BCUT2D eigenvalue weighted by molar-refractivity contribution is -0.652. The number of carbonyl (C=O) groups excluding carboxylic acids is 1. The fourth-order valence-corrected chi connectivity index (χ4v) is 1.79. The van der Waals surface area contributed by atoms with E-state index < -0.39 is 0 Å². The second kappa shape index (κ2) is 6.16. The maximum absolute atomic E-state index is 12.0. The van der Waals surface area contributed by atoms with E-state index in [0.29, 0.717) is 16.4 Å². The van der Waals surface area contributed by atoms with Gasteiger partial charge in [-0.05, 0) is 24.3 Å². The fraction of sp³-hybridized carbons (Fsp3) is 0.250. The van der Waals surface area contributed by atoms with Gasteiger partial charge in [-0.25, -0.2) is 0 Å². The van der Waals surface area contributed by atoms with Crippen LogP contribution in [0.25, 0.3) is 0 Å². The van der Waals surface area contributed by atoms with E-state index in [2.05, 4.69) is 5.10 Å². The van der Waals surface area contributed by atoms with Gasteiger partial charge in [-0.1, -0.05) is 11.6 Å². The van der Waals surface area contributed by atoms with Crippen LogP contribution < -0.4 is 27.5 Å². The number of nitrogens with two attached hydrogens (primary N) is 1. The molecule has 2 rings (SSSR count). The Morgan fingerprint density at radius 2 is 1.95 bits per heavy atom. The van der Waals surface area contributed by atoms with Gasteiger partial charge < -0.3 is 17.0 Å². The summed E-state index contributed by atoms with van der Waals surface area (Å²) in [7, 11) is 0. The number of aromatic nitrogens is 3. The van der Waals surface area contributed by atoms with E-state index in [0.717, 1.165) is 5.82 Å². The van der Waals surface area contributed by atoms with Crippen LogP contribution in [0.15, 0.2) is 24.3 Å². The molecule has 0 radical (unpaired) electrons. The molecule has 0 amide bonds. The number of hydrogen-bond donors (Lipinski definition) is 1. The molecule has 1 heterocycles. The summed E-state index contributed by atoms with van der Waals surface area (Å²) in [5, 5.41) is 4.81. The molecule has 5 nitrogen and oxygen atoms in total. The highest BCUT2D eigenvalue weighted by Gasteiger charge is 2.20. The summed E-state index contributed by atoms with van der Waals surface area (Å²) in [6.45, 7) is 3.77. The third-order valence-corrected chi connectivity index (χ3v) is 3.05. The van der Waals surface area contributed by atoms with Crippen molar-refractivity contribution in [3.8, 4) is 0 Å². The Bertz CT molecular complexity index is 595. The Kier molecular flexibility index (Phi) is 5.08. The van der Waals surface area contributed by atoms with Crippen molar-refractivity contribution in [2.75, 3.05) is 5.84 Å². The Morgan fingerprint density at radius 1 is 1.37 bits per heavy atom. The third kappa shape index (κ3) is 3.33. The minimum atomic E-state index is -0.0298. The number of nitrogen functional groups attached to an aromatic ring is 1. The van der Waals surface area contributed by atoms with Gasteiger partial charge in [-0.15, -0.1) is 9.36 Å². The molecule has 0 saturated heterocycles. The molecule has 0 spiro atoms. The molecule has 1 aromatic carbocycles. The highest BCUT2D eigenvalue weighted by molar-refractivity contribution is 6.30. The number of halogens is 2. The van der Waals surface area contributed by atoms with E-state index in [9.17, 15) is 4.79 Å². The minimum Gasteiger partial charge on any atom is -1.00 e. The maximum atomic E-state index is 12.0. The molecule has 2 N–H and O–H groups in total. The SMILES string of the molecule is Cc1nn(CC(=O)c2ccc(Cl)cc2)c(C)[n+]1N.[Br-]. The highest BCUT2D eigenvalue weighted by Crippen LogP contribution is 2.10. The standard InChI is InChI=1S/C12H14ClN4O.BrH/c1-8-15-16(9(2)17(8)14)7-12(18)10-3-5-11(13)6-4-10;/h3-6H,7,14H2,1-2H3;1H/q+1;/p-1.